The number of hydrogen-bond donors (Lipinski definition) is 2. The van der Waals surface area contributed by atoms with Crippen LogP contribution in [0, 0.1) is 0 Å². The first-order valence-corrected chi connectivity index (χ1v) is 7.33. The molecular formula is C16H24N2O3. The summed E-state index contributed by atoms with van der Waals surface area (Å²) in [5, 5.41) is 6.31. The monoisotopic (exact) mass is 292 g/mol. The minimum Gasteiger partial charge on any atom is -0.497 e. The summed E-state index contributed by atoms with van der Waals surface area (Å²) >= 11 is 0. The number of carbonyl (C=O) groups is 1. The van der Waals surface area contributed by atoms with Gasteiger partial charge in [-0.25, -0.2) is 0 Å². The fourth-order valence-electron chi connectivity index (χ4n) is 2.27. The van der Waals surface area contributed by atoms with Crippen LogP contribution in [0.3, 0.4) is 0 Å². The lowest BCUT2D eigenvalue weighted by Crippen LogP contribution is -2.43. The molecule has 2 unspecified atom stereocenters. The lowest BCUT2D eigenvalue weighted by atomic mass is 10.1. The molecule has 0 saturated heterocycles. The molecule has 1 aromatic carbocycles. The summed E-state index contributed by atoms with van der Waals surface area (Å²) in [5.74, 6) is 1.56. The summed E-state index contributed by atoms with van der Waals surface area (Å²) in [6.45, 7) is 3.90. The molecule has 5 heteroatoms. The van der Waals surface area contributed by atoms with E-state index in [2.05, 4.69) is 10.6 Å². The molecule has 0 spiro atoms. The van der Waals surface area contributed by atoms with E-state index in [0.717, 1.165) is 29.9 Å². The Bertz CT molecular complexity index is 500. The number of nitrogens with one attached hydrogen (secondary N) is 2. The molecule has 5 nitrogen and oxygen atoms in total. The number of amides is 1. The van der Waals surface area contributed by atoms with Gasteiger partial charge in [0.25, 0.3) is 0 Å². The Morgan fingerprint density at radius 3 is 2.52 bits per heavy atom. The van der Waals surface area contributed by atoms with Gasteiger partial charge in [-0.3, -0.25) is 10.1 Å². The van der Waals surface area contributed by atoms with Crippen molar-refractivity contribution in [2.24, 2.45) is 0 Å². The van der Waals surface area contributed by atoms with Gasteiger partial charge in [0.15, 0.2) is 0 Å². The van der Waals surface area contributed by atoms with Crippen molar-refractivity contribution in [3.05, 3.63) is 23.8 Å². The molecule has 2 atom stereocenters. The second kappa shape index (κ2) is 6.80. The third-order valence-corrected chi connectivity index (χ3v) is 3.72. The summed E-state index contributed by atoms with van der Waals surface area (Å²) in [4.78, 5) is 12.0. The predicted octanol–water partition coefficient (Wildman–Crippen LogP) is 2.02. The van der Waals surface area contributed by atoms with E-state index in [1.54, 1.807) is 14.2 Å². The minimum atomic E-state index is -0.243. The molecule has 2 N–H and O–H groups in total. The highest BCUT2D eigenvalue weighted by molar-refractivity contribution is 5.81. The van der Waals surface area contributed by atoms with Gasteiger partial charge in [-0.1, -0.05) is 6.07 Å². The molecule has 1 aliphatic carbocycles. The van der Waals surface area contributed by atoms with E-state index in [4.69, 9.17) is 9.47 Å². The first-order chi connectivity index (χ1) is 10.0. The van der Waals surface area contributed by atoms with Gasteiger partial charge in [0.1, 0.15) is 11.5 Å². The molecule has 1 amide bonds. The smallest absolute Gasteiger partial charge is 0.237 e. The fourth-order valence-corrected chi connectivity index (χ4v) is 2.27. The van der Waals surface area contributed by atoms with Crippen LogP contribution in [-0.2, 0) is 4.79 Å². The lowest BCUT2D eigenvalue weighted by Gasteiger charge is -2.22. The Hall–Kier alpha value is -1.75. The number of methoxy groups -OCH3 is 2. The van der Waals surface area contributed by atoms with Crippen molar-refractivity contribution in [1.82, 2.24) is 10.6 Å². The van der Waals surface area contributed by atoms with E-state index in [-0.39, 0.29) is 18.0 Å². The summed E-state index contributed by atoms with van der Waals surface area (Å²) < 4.78 is 10.6. The molecule has 21 heavy (non-hydrogen) atoms. The molecule has 1 aliphatic rings. The average molecular weight is 292 g/mol. The number of hydrogen-bond acceptors (Lipinski definition) is 4. The maximum absolute atomic E-state index is 12.0. The Morgan fingerprint density at radius 1 is 1.24 bits per heavy atom. The molecule has 2 rings (SSSR count). The van der Waals surface area contributed by atoms with Gasteiger partial charge < -0.3 is 14.8 Å². The maximum atomic E-state index is 12.0. The third-order valence-electron chi connectivity index (χ3n) is 3.72. The summed E-state index contributed by atoms with van der Waals surface area (Å²) in [6, 6.07) is 5.85. The molecule has 116 valence electrons. The van der Waals surface area contributed by atoms with Crippen molar-refractivity contribution in [3.8, 4) is 11.5 Å². The zero-order valence-electron chi connectivity index (χ0n) is 13.1. The lowest BCUT2D eigenvalue weighted by molar-refractivity contribution is -0.123. The molecule has 0 aliphatic heterocycles. The molecule has 1 aromatic rings. The average Bonchev–Trinajstić information content (AvgIpc) is 3.30. The van der Waals surface area contributed by atoms with Crippen molar-refractivity contribution < 1.29 is 14.3 Å². The fraction of sp³-hybridized carbons (Fsp3) is 0.562. The Balaban J connectivity index is 2.01. The van der Waals surface area contributed by atoms with E-state index in [0.29, 0.717) is 6.04 Å². The first kappa shape index (κ1) is 15.6. The number of rotatable bonds is 7. The predicted molar refractivity (Wildman–Crippen MR) is 81.7 cm³/mol. The molecule has 0 heterocycles. The number of benzene rings is 1. The van der Waals surface area contributed by atoms with Crippen molar-refractivity contribution in [3.63, 3.8) is 0 Å². The highest BCUT2D eigenvalue weighted by Crippen LogP contribution is 2.29. The molecule has 1 saturated carbocycles. The van der Waals surface area contributed by atoms with Gasteiger partial charge in [-0.2, -0.15) is 0 Å². The van der Waals surface area contributed by atoms with Gasteiger partial charge in [0.05, 0.1) is 20.3 Å². The van der Waals surface area contributed by atoms with Crippen molar-refractivity contribution >= 4 is 5.91 Å². The maximum Gasteiger partial charge on any atom is 0.237 e. The van der Waals surface area contributed by atoms with Gasteiger partial charge in [0, 0.05) is 23.7 Å². The van der Waals surface area contributed by atoms with Crippen LogP contribution in [0.2, 0.25) is 0 Å². The molecule has 0 radical (unpaired) electrons. The summed E-state index contributed by atoms with van der Waals surface area (Å²) in [5.41, 5.74) is 1.00. The first-order valence-electron chi connectivity index (χ1n) is 7.33. The van der Waals surface area contributed by atoms with Gasteiger partial charge >= 0.3 is 0 Å². The van der Waals surface area contributed by atoms with Crippen molar-refractivity contribution in [2.75, 3.05) is 14.2 Å². The molecule has 1 fully saturated rings. The van der Waals surface area contributed by atoms with Crippen LogP contribution in [0.25, 0.3) is 0 Å². The Morgan fingerprint density at radius 2 is 1.95 bits per heavy atom. The highest BCUT2D eigenvalue weighted by Gasteiger charge is 2.26. The molecule has 0 aromatic heterocycles. The topological polar surface area (TPSA) is 59.6 Å². The zero-order valence-corrected chi connectivity index (χ0v) is 13.1. The van der Waals surface area contributed by atoms with Gasteiger partial charge in [-0.15, -0.1) is 0 Å². The largest absolute Gasteiger partial charge is 0.497 e. The van der Waals surface area contributed by atoms with E-state index in [1.165, 1.54) is 0 Å². The Labute approximate surface area is 126 Å². The summed E-state index contributed by atoms with van der Waals surface area (Å²) in [6.07, 6.45) is 2.20. The second-order valence-electron chi connectivity index (χ2n) is 5.50. The van der Waals surface area contributed by atoms with Crippen LogP contribution in [0.1, 0.15) is 38.3 Å². The molecule has 0 bridgehead atoms. The third kappa shape index (κ3) is 4.11. The van der Waals surface area contributed by atoms with Gasteiger partial charge in [-0.05, 0) is 32.8 Å². The minimum absolute atomic E-state index is 0.00538. The number of ether oxygens (including phenoxy) is 2. The van der Waals surface area contributed by atoms with Crippen LogP contribution in [0.15, 0.2) is 18.2 Å². The van der Waals surface area contributed by atoms with E-state index < -0.39 is 0 Å². The molecular weight excluding hydrogens is 268 g/mol. The van der Waals surface area contributed by atoms with Crippen molar-refractivity contribution in [2.45, 2.75) is 44.8 Å². The zero-order chi connectivity index (χ0) is 15.4. The van der Waals surface area contributed by atoms with E-state index >= 15 is 0 Å². The van der Waals surface area contributed by atoms with Crippen LogP contribution in [-0.4, -0.2) is 32.2 Å². The highest BCUT2D eigenvalue weighted by atomic mass is 16.5. The summed E-state index contributed by atoms with van der Waals surface area (Å²) in [7, 11) is 3.26. The standard InChI is InChI=1S/C16H24N2O3/c1-10(17-11(2)16(19)18-12-5-6-12)14-8-7-13(20-3)9-15(14)21-4/h7-12,17H,5-6H2,1-4H3,(H,18,19). The second-order valence-corrected chi connectivity index (χ2v) is 5.50. The normalized spacial score (nSPS) is 17.0. The van der Waals surface area contributed by atoms with E-state index in [1.807, 2.05) is 32.0 Å². The SMILES string of the molecule is COc1ccc(C(C)NC(C)C(=O)NC2CC2)c(OC)c1. The van der Waals surface area contributed by atoms with E-state index in [9.17, 15) is 4.79 Å². The van der Waals surface area contributed by atoms with Crippen LogP contribution >= 0.6 is 0 Å². The van der Waals surface area contributed by atoms with Gasteiger partial charge in [0.2, 0.25) is 5.91 Å². The van der Waals surface area contributed by atoms with Crippen molar-refractivity contribution in [1.29, 1.82) is 0 Å². The van der Waals surface area contributed by atoms with Crippen LogP contribution in [0.5, 0.6) is 11.5 Å². The van der Waals surface area contributed by atoms with Crippen LogP contribution < -0.4 is 20.1 Å². The quantitative estimate of drug-likeness (QED) is 0.807. The Kier molecular flexibility index (Phi) is 5.07. The van der Waals surface area contributed by atoms with Crippen LogP contribution in [0.4, 0.5) is 0 Å². The number of carbonyl (C=O) groups excluding carboxylic acids is 1.